The largest absolute Gasteiger partial charge is 0.379 e. The lowest BCUT2D eigenvalue weighted by Gasteiger charge is -2.25. The normalized spacial score (nSPS) is 18.5. The molecule has 0 bridgehead atoms. The number of carbonyl (C=O) groups excluding carboxylic acids is 2. The molecule has 0 spiro atoms. The first kappa shape index (κ1) is 16.7. The molecule has 1 heterocycles. The van der Waals surface area contributed by atoms with E-state index in [1.54, 1.807) is 6.07 Å². The van der Waals surface area contributed by atoms with Crippen molar-refractivity contribution >= 4 is 45.8 Å². The Morgan fingerprint density at radius 1 is 1.13 bits per heavy atom. The highest BCUT2D eigenvalue weighted by Crippen LogP contribution is 2.31. The van der Waals surface area contributed by atoms with Gasteiger partial charge in [-0.2, -0.15) is 0 Å². The van der Waals surface area contributed by atoms with Gasteiger partial charge < -0.3 is 15.4 Å². The van der Waals surface area contributed by atoms with Gasteiger partial charge in [-0.1, -0.05) is 0 Å². The number of nitrogens with zero attached hydrogens (tertiary/aromatic N) is 1. The van der Waals surface area contributed by atoms with E-state index >= 15 is 0 Å². The van der Waals surface area contributed by atoms with E-state index in [1.165, 1.54) is 0 Å². The summed E-state index contributed by atoms with van der Waals surface area (Å²) in [6, 6.07) is 5.60. The number of hydrogen-bond acceptors (Lipinski definition) is 4. The molecule has 1 aliphatic carbocycles. The van der Waals surface area contributed by atoms with Crippen molar-refractivity contribution in [1.82, 2.24) is 4.90 Å². The first-order valence-corrected chi connectivity index (χ1v) is 8.89. The SMILES string of the molecule is O=C(CN1CCOCC1)Nc1cc(I)cc(NC(=O)C2CC2)c1. The second kappa shape index (κ2) is 7.59. The van der Waals surface area contributed by atoms with Gasteiger partial charge in [-0.15, -0.1) is 0 Å². The molecule has 0 aromatic heterocycles. The summed E-state index contributed by atoms with van der Waals surface area (Å²) in [6.45, 7) is 3.27. The van der Waals surface area contributed by atoms with Crippen LogP contribution in [0, 0.1) is 9.49 Å². The van der Waals surface area contributed by atoms with Crippen LogP contribution in [-0.4, -0.2) is 49.6 Å². The van der Waals surface area contributed by atoms with Crippen LogP contribution in [0.2, 0.25) is 0 Å². The molecule has 1 aromatic rings. The number of hydrogen-bond donors (Lipinski definition) is 2. The zero-order valence-electron chi connectivity index (χ0n) is 12.8. The van der Waals surface area contributed by atoms with Crippen LogP contribution < -0.4 is 10.6 Å². The molecule has 1 saturated carbocycles. The van der Waals surface area contributed by atoms with Gasteiger partial charge in [0.2, 0.25) is 11.8 Å². The van der Waals surface area contributed by atoms with E-state index in [4.69, 9.17) is 4.74 Å². The van der Waals surface area contributed by atoms with E-state index in [0.29, 0.717) is 25.4 Å². The molecule has 0 radical (unpaired) electrons. The monoisotopic (exact) mass is 429 g/mol. The third kappa shape index (κ3) is 5.15. The fourth-order valence-electron chi connectivity index (χ4n) is 2.49. The summed E-state index contributed by atoms with van der Waals surface area (Å²) in [4.78, 5) is 26.1. The highest BCUT2D eigenvalue weighted by molar-refractivity contribution is 14.1. The Morgan fingerprint density at radius 2 is 1.78 bits per heavy atom. The molecule has 23 heavy (non-hydrogen) atoms. The molecular weight excluding hydrogens is 409 g/mol. The summed E-state index contributed by atoms with van der Waals surface area (Å²) in [5.74, 6) is 0.179. The molecule has 2 amide bonds. The molecule has 6 nitrogen and oxygen atoms in total. The maximum atomic E-state index is 12.2. The minimum absolute atomic E-state index is 0.0478. The van der Waals surface area contributed by atoms with Gasteiger partial charge in [-0.25, -0.2) is 0 Å². The molecule has 124 valence electrons. The Hall–Kier alpha value is -1.19. The lowest BCUT2D eigenvalue weighted by Crippen LogP contribution is -2.41. The van der Waals surface area contributed by atoms with Crippen LogP contribution in [0.4, 0.5) is 11.4 Å². The highest BCUT2D eigenvalue weighted by Gasteiger charge is 2.29. The molecule has 1 aromatic carbocycles. The van der Waals surface area contributed by atoms with E-state index in [1.807, 2.05) is 12.1 Å². The lowest BCUT2D eigenvalue weighted by molar-refractivity contribution is -0.118. The van der Waals surface area contributed by atoms with Gasteiger partial charge in [0.05, 0.1) is 19.8 Å². The molecule has 2 N–H and O–H groups in total. The third-order valence-corrected chi connectivity index (χ3v) is 4.49. The van der Waals surface area contributed by atoms with Crippen molar-refractivity contribution in [1.29, 1.82) is 0 Å². The second-order valence-corrected chi connectivity index (χ2v) is 7.17. The molecule has 0 unspecified atom stereocenters. The second-order valence-electron chi connectivity index (χ2n) is 5.93. The van der Waals surface area contributed by atoms with Crippen LogP contribution in [-0.2, 0) is 14.3 Å². The predicted molar refractivity (Wildman–Crippen MR) is 96.4 cm³/mol. The van der Waals surface area contributed by atoms with Gasteiger partial charge in [0.15, 0.2) is 0 Å². The maximum absolute atomic E-state index is 12.2. The number of morpholine rings is 1. The van der Waals surface area contributed by atoms with E-state index < -0.39 is 0 Å². The number of ether oxygens (including phenoxy) is 1. The zero-order valence-corrected chi connectivity index (χ0v) is 15.0. The first-order valence-electron chi connectivity index (χ1n) is 7.81. The van der Waals surface area contributed by atoms with Gasteiger partial charge in [0.1, 0.15) is 0 Å². The number of nitrogens with one attached hydrogen (secondary N) is 2. The fourth-order valence-corrected chi connectivity index (χ4v) is 3.16. The van der Waals surface area contributed by atoms with Crippen LogP contribution >= 0.6 is 22.6 Å². The summed E-state index contributed by atoms with van der Waals surface area (Å²) >= 11 is 2.18. The van der Waals surface area contributed by atoms with E-state index in [2.05, 4.69) is 38.1 Å². The topological polar surface area (TPSA) is 70.7 Å². The number of halogens is 1. The number of benzene rings is 1. The molecule has 1 saturated heterocycles. The number of anilines is 2. The van der Waals surface area contributed by atoms with Gasteiger partial charge in [0.25, 0.3) is 0 Å². The Balaban J connectivity index is 1.58. The highest BCUT2D eigenvalue weighted by atomic mass is 127. The van der Waals surface area contributed by atoms with Crippen LogP contribution in [0.25, 0.3) is 0 Å². The van der Waals surface area contributed by atoms with Crippen molar-refractivity contribution in [2.24, 2.45) is 5.92 Å². The average molecular weight is 429 g/mol. The summed E-state index contributed by atoms with van der Waals surface area (Å²) in [6.07, 6.45) is 1.94. The first-order chi connectivity index (χ1) is 11.1. The zero-order chi connectivity index (χ0) is 16.2. The molecule has 2 fully saturated rings. The fraction of sp³-hybridized carbons (Fsp3) is 0.500. The van der Waals surface area contributed by atoms with Crippen molar-refractivity contribution in [3.05, 3.63) is 21.8 Å². The minimum atomic E-state index is -0.0478. The lowest BCUT2D eigenvalue weighted by atomic mass is 10.2. The van der Waals surface area contributed by atoms with E-state index in [0.717, 1.165) is 35.2 Å². The van der Waals surface area contributed by atoms with Crippen molar-refractivity contribution in [2.45, 2.75) is 12.8 Å². The van der Waals surface area contributed by atoms with E-state index in [9.17, 15) is 9.59 Å². The molecule has 3 rings (SSSR count). The summed E-state index contributed by atoms with van der Waals surface area (Å²) < 4.78 is 6.25. The van der Waals surface area contributed by atoms with Gasteiger partial charge >= 0.3 is 0 Å². The number of carbonyl (C=O) groups is 2. The van der Waals surface area contributed by atoms with Crippen molar-refractivity contribution in [2.75, 3.05) is 43.5 Å². The van der Waals surface area contributed by atoms with Crippen LogP contribution in [0.1, 0.15) is 12.8 Å². The van der Waals surface area contributed by atoms with Crippen molar-refractivity contribution in [3.63, 3.8) is 0 Å². The number of rotatable bonds is 5. The third-order valence-electron chi connectivity index (χ3n) is 3.87. The molecule has 2 aliphatic rings. The summed E-state index contributed by atoms with van der Waals surface area (Å²) in [5.41, 5.74) is 1.44. The Bertz CT molecular complexity index is 598. The van der Waals surface area contributed by atoms with Gasteiger partial charge in [0, 0.05) is 34.0 Å². The average Bonchev–Trinajstić information content (AvgIpc) is 3.32. The summed E-state index contributed by atoms with van der Waals surface area (Å²) in [7, 11) is 0. The predicted octanol–water partition coefficient (Wildman–Crippen LogP) is 1.91. The van der Waals surface area contributed by atoms with Crippen LogP contribution in [0.5, 0.6) is 0 Å². The quantitative estimate of drug-likeness (QED) is 0.702. The van der Waals surface area contributed by atoms with Crippen molar-refractivity contribution in [3.8, 4) is 0 Å². The van der Waals surface area contributed by atoms with Crippen LogP contribution in [0.15, 0.2) is 18.2 Å². The van der Waals surface area contributed by atoms with Crippen molar-refractivity contribution < 1.29 is 14.3 Å². The molecule has 7 heteroatoms. The van der Waals surface area contributed by atoms with Gasteiger partial charge in [-0.05, 0) is 53.6 Å². The molecular formula is C16H20IN3O3. The minimum Gasteiger partial charge on any atom is -0.379 e. The molecule has 1 aliphatic heterocycles. The van der Waals surface area contributed by atoms with E-state index in [-0.39, 0.29) is 17.7 Å². The Kier molecular flexibility index (Phi) is 5.50. The van der Waals surface area contributed by atoms with Gasteiger partial charge in [-0.3, -0.25) is 14.5 Å². The molecule has 0 atom stereocenters. The maximum Gasteiger partial charge on any atom is 0.238 e. The smallest absolute Gasteiger partial charge is 0.238 e. The summed E-state index contributed by atoms with van der Waals surface area (Å²) in [5, 5.41) is 5.83. The Labute approximate surface area is 149 Å². The Morgan fingerprint density at radius 3 is 2.43 bits per heavy atom. The standard InChI is InChI=1S/C16H20IN3O3/c17-12-7-13(9-14(8-12)19-16(22)11-1-2-11)18-15(21)10-20-3-5-23-6-4-20/h7-9,11H,1-6,10H2,(H,18,21)(H,19,22). The van der Waals surface area contributed by atoms with Crippen LogP contribution in [0.3, 0.4) is 0 Å². The number of amides is 2.